The summed E-state index contributed by atoms with van der Waals surface area (Å²) in [6.45, 7) is 1.47. The molecule has 0 fully saturated rings. The first-order valence-corrected chi connectivity index (χ1v) is 12.4. The number of anilines is 1. The fraction of sp³-hybridized carbons (Fsp3) is 0.238. The standard InChI is InChI=1S/C21H25N5O3S2/c1-14(27)24-21-26(17-9-11-19(12-10-17)31(2,28)29)18(13-30-21)8-5-15-3-6-16(7-4-15)25-20(22)23/h3-4,6-7,9-13,21H,5,8H2,1-2H3,(H,24,27)(H4,22,23,25). The van der Waals surface area contributed by atoms with Crippen LogP contribution in [-0.2, 0) is 21.1 Å². The number of aliphatic imine (C=N–C) groups is 1. The van der Waals surface area contributed by atoms with Gasteiger partial charge in [-0.3, -0.25) is 4.79 Å². The lowest BCUT2D eigenvalue weighted by Gasteiger charge is -2.29. The molecule has 0 saturated heterocycles. The number of nitrogens with one attached hydrogen (secondary N) is 1. The van der Waals surface area contributed by atoms with Crippen LogP contribution in [0.5, 0.6) is 0 Å². The van der Waals surface area contributed by atoms with Gasteiger partial charge in [0.15, 0.2) is 21.3 Å². The molecule has 1 atom stereocenters. The molecule has 0 spiro atoms. The molecule has 1 unspecified atom stereocenters. The second-order valence-electron chi connectivity index (χ2n) is 7.14. The molecule has 1 aliphatic rings. The number of allylic oxidation sites excluding steroid dienone is 1. The van der Waals surface area contributed by atoms with Crippen molar-refractivity contribution in [2.75, 3.05) is 11.2 Å². The zero-order chi connectivity index (χ0) is 22.6. The molecule has 1 aliphatic heterocycles. The minimum atomic E-state index is -3.28. The van der Waals surface area contributed by atoms with Gasteiger partial charge in [-0.2, -0.15) is 0 Å². The second kappa shape index (κ2) is 9.44. The number of nitrogens with zero attached hydrogens (tertiary/aromatic N) is 2. The smallest absolute Gasteiger partial charge is 0.219 e. The van der Waals surface area contributed by atoms with Crippen LogP contribution in [0.25, 0.3) is 0 Å². The van der Waals surface area contributed by atoms with Crippen molar-refractivity contribution in [3.63, 3.8) is 0 Å². The van der Waals surface area contributed by atoms with Gasteiger partial charge in [-0.05, 0) is 60.2 Å². The summed E-state index contributed by atoms with van der Waals surface area (Å²) in [5.41, 5.74) is 14.2. The number of hydrogen-bond acceptors (Lipinski definition) is 6. The molecule has 2 aromatic carbocycles. The van der Waals surface area contributed by atoms with E-state index in [4.69, 9.17) is 11.5 Å². The van der Waals surface area contributed by atoms with Gasteiger partial charge in [0.05, 0.1) is 10.6 Å². The largest absolute Gasteiger partial charge is 0.370 e. The summed E-state index contributed by atoms with van der Waals surface area (Å²) in [4.78, 5) is 18.0. The maximum Gasteiger partial charge on any atom is 0.219 e. The number of hydrogen-bond donors (Lipinski definition) is 3. The molecule has 0 saturated carbocycles. The SMILES string of the molecule is CC(=O)NC1SC=C(CCc2ccc(N=C(N)N)cc2)N1c1ccc(S(C)(=O)=O)cc1. The average molecular weight is 460 g/mol. The first-order valence-electron chi connectivity index (χ1n) is 9.53. The summed E-state index contributed by atoms with van der Waals surface area (Å²) in [5, 5.41) is 4.96. The van der Waals surface area contributed by atoms with Crippen LogP contribution in [0.2, 0.25) is 0 Å². The number of aryl methyl sites for hydroxylation is 1. The molecule has 164 valence electrons. The number of carbonyl (C=O) groups excluding carboxylic acids is 1. The van der Waals surface area contributed by atoms with Crippen molar-refractivity contribution in [3.8, 4) is 0 Å². The van der Waals surface area contributed by atoms with Crippen molar-refractivity contribution in [1.29, 1.82) is 0 Å². The summed E-state index contributed by atoms with van der Waals surface area (Å²) < 4.78 is 23.5. The van der Waals surface area contributed by atoms with E-state index in [1.54, 1.807) is 24.3 Å². The molecule has 0 radical (unpaired) electrons. The average Bonchev–Trinajstić information content (AvgIpc) is 3.08. The van der Waals surface area contributed by atoms with Crippen molar-refractivity contribution in [1.82, 2.24) is 5.32 Å². The van der Waals surface area contributed by atoms with Gasteiger partial charge in [-0.15, -0.1) is 0 Å². The highest BCUT2D eigenvalue weighted by molar-refractivity contribution is 8.03. The van der Waals surface area contributed by atoms with Gasteiger partial charge >= 0.3 is 0 Å². The summed E-state index contributed by atoms with van der Waals surface area (Å²) in [6.07, 6.45) is 2.69. The minimum absolute atomic E-state index is 0.0161. The molecule has 1 heterocycles. The summed E-state index contributed by atoms with van der Waals surface area (Å²) in [6, 6.07) is 14.3. The molecule has 3 rings (SSSR count). The third-order valence-corrected chi connectivity index (χ3v) is 6.73. The first-order chi connectivity index (χ1) is 14.6. The van der Waals surface area contributed by atoms with Crippen LogP contribution >= 0.6 is 11.8 Å². The Morgan fingerprint density at radius 3 is 2.29 bits per heavy atom. The van der Waals surface area contributed by atoms with E-state index in [1.807, 2.05) is 34.6 Å². The molecule has 31 heavy (non-hydrogen) atoms. The van der Waals surface area contributed by atoms with E-state index in [-0.39, 0.29) is 22.3 Å². The number of sulfone groups is 1. The van der Waals surface area contributed by atoms with Crippen LogP contribution in [0.4, 0.5) is 11.4 Å². The number of benzene rings is 2. The Bertz CT molecular complexity index is 1110. The first kappa shape index (κ1) is 22.7. The summed E-state index contributed by atoms with van der Waals surface area (Å²) in [7, 11) is -3.28. The topological polar surface area (TPSA) is 131 Å². The van der Waals surface area contributed by atoms with E-state index in [1.165, 1.54) is 24.9 Å². The van der Waals surface area contributed by atoms with Gasteiger partial charge in [-0.25, -0.2) is 13.4 Å². The zero-order valence-electron chi connectivity index (χ0n) is 17.3. The van der Waals surface area contributed by atoms with Crippen LogP contribution in [0.3, 0.4) is 0 Å². The van der Waals surface area contributed by atoms with Crippen molar-refractivity contribution in [2.24, 2.45) is 16.5 Å². The van der Waals surface area contributed by atoms with E-state index < -0.39 is 9.84 Å². The molecule has 0 aromatic heterocycles. The number of thioether (sulfide) groups is 1. The van der Waals surface area contributed by atoms with Crippen LogP contribution in [0.1, 0.15) is 18.9 Å². The zero-order valence-corrected chi connectivity index (χ0v) is 18.9. The molecule has 1 amide bonds. The van der Waals surface area contributed by atoms with Gasteiger partial charge in [0, 0.05) is 24.6 Å². The lowest BCUT2D eigenvalue weighted by Crippen LogP contribution is -2.42. The van der Waals surface area contributed by atoms with E-state index >= 15 is 0 Å². The predicted molar refractivity (Wildman–Crippen MR) is 126 cm³/mol. The summed E-state index contributed by atoms with van der Waals surface area (Å²) in [5.74, 6) is -0.123. The molecule has 2 aromatic rings. The number of rotatable bonds is 7. The van der Waals surface area contributed by atoms with Crippen molar-refractivity contribution >= 4 is 44.8 Å². The van der Waals surface area contributed by atoms with Gasteiger partial charge in [0.2, 0.25) is 5.91 Å². The van der Waals surface area contributed by atoms with Gasteiger partial charge < -0.3 is 21.7 Å². The Labute approximate surface area is 186 Å². The number of carbonyl (C=O) groups is 1. The maximum atomic E-state index is 11.8. The molecule has 0 bridgehead atoms. The predicted octanol–water partition coefficient (Wildman–Crippen LogP) is 2.44. The van der Waals surface area contributed by atoms with Crippen LogP contribution in [0, 0.1) is 0 Å². The van der Waals surface area contributed by atoms with E-state index in [0.29, 0.717) is 5.69 Å². The van der Waals surface area contributed by atoms with Crippen molar-refractivity contribution < 1.29 is 13.2 Å². The van der Waals surface area contributed by atoms with Crippen molar-refractivity contribution in [3.05, 3.63) is 65.2 Å². The summed E-state index contributed by atoms with van der Waals surface area (Å²) >= 11 is 1.50. The van der Waals surface area contributed by atoms with E-state index in [0.717, 1.165) is 29.8 Å². The number of amides is 1. The Morgan fingerprint density at radius 1 is 1.10 bits per heavy atom. The molecular formula is C21H25N5O3S2. The Morgan fingerprint density at radius 2 is 1.74 bits per heavy atom. The highest BCUT2D eigenvalue weighted by Crippen LogP contribution is 2.36. The molecule has 0 aliphatic carbocycles. The van der Waals surface area contributed by atoms with E-state index in [9.17, 15) is 13.2 Å². The van der Waals surface area contributed by atoms with E-state index in [2.05, 4.69) is 10.3 Å². The van der Waals surface area contributed by atoms with Crippen LogP contribution in [0.15, 0.2) is 69.5 Å². The third kappa shape index (κ3) is 6.02. The number of nitrogens with two attached hydrogens (primary N) is 2. The van der Waals surface area contributed by atoms with Crippen molar-refractivity contribution in [2.45, 2.75) is 30.2 Å². The van der Waals surface area contributed by atoms with Gasteiger partial charge in [0.1, 0.15) is 0 Å². The fourth-order valence-electron chi connectivity index (χ4n) is 3.18. The van der Waals surface area contributed by atoms with Crippen LogP contribution in [-0.4, -0.2) is 32.0 Å². The van der Waals surface area contributed by atoms with Gasteiger partial charge in [0.25, 0.3) is 0 Å². The number of guanidine groups is 1. The quantitative estimate of drug-likeness (QED) is 0.428. The monoisotopic (exact) mass is 459 g/mol. The Balaban J connectivity index is 1.78. The van der Waals surface area contributed by atoms with Crippen LogP contribution < -0.4 is 21.7 Å². The third-order valence-electron chi connectivity index (χ3n) is 4.61. The maximum absolute atomic E-state index is 11.8. The minimum Gasteiger partial charge on any atom is -0.370 e. The molecule has 5 N–H and O–H groups in total. The molecule has 10 heteroatoms. The lowest BCUT2D eigenvalue weighted by atomic mass is 10.1. The Kier molecular flexibility index (Phi) is 6.91. The highest BCUT2D eigenvalue weighted by Gasteiger charge is 2.28. The van der Waals surface area contributed by atoms with Gasteiger partial charge in [-0.1, -0.05) is 23.9 Å². The lowest BCUT2D eigenvalue weighted by molar-refractivity contribution is -0.119. The Hall–Kier alpha value is -2.98. The highest BCUT2D eigenvalue weighted by atomic mass is 32.2. The normalized spacial score (nSPS) is 16.0. The molecular weight excluding hydrogens is 434 g/mol. The molecule has 8 nitrogen and oxygen atoms in total. The second-order valence-corrected chi connectivity index (χ2v) is 10.1. The fourth-order valence-corrected chi connectivity index (χ4v) is 4.94.